The number of nitrogens with one attached hydrogen (secondary N) is 1. The van der Waals surface area contributed by atoms with Crippen molar-refractivity contribution in [1.29, 1.82) is 0 Å². The van der Waals surface area contributed by atoms with Crippen LogP contribution in [0.3, 0.4) is 0 Å². The maximum Gasteiger partial charge on any atom is 0.268 e. The molecule has 0 bridgehead atoms. The Balaban J connectivity index is 2.42. The number of benzene rings is 1. The van der Waals surface area contributed by atoms with Gasteiger partial charge in [0.1, 0.15) is 5.69 Å². The molecule has 1 aliphatic heterocycles. The van der Waals surface area contributed by atoms with Gasteiger partial charge in [-0.1, -0.05) is 11.6 Å². The number of halogens is 1. The molecule has 1 N–H and O–H groups in total. The average molecular weight is 249 g/mol. The van der Waals surface area contributed by atoms with Gasteiger partial charge in [-0.05, 0) is 37.6 Å². The zero-order valence-electron chi connectivity index (χ0n) is 9.75. The van der Waals surface area contributed by atoms with Crippen molar-refractivity contribution in [3.8, 4) is 0 Å². The number of carbonyl (C=O) groups excluding carboxylic acids is 1. The first-order valence-corrected chi connectivity index (χ1v) is 6.05. The van der Waals surface area contributed by atoms with Crippen LogP contribution in [0.4, 0.5) is 0 Å². The van der Waals surface area contributed by atoms with E-state index in [0.717, 1.165) is 16.5 Å². The largest absolute Gasteiger partial charge is 0.349 e. The lowest BCUT2D eigenvalue weighted by atomic mass is 10.2. The Morgan fingerprint density at radius 2 is 2.18 bits per heavy atom. The molecule has 0 saturated heterocycles. The minimum Gasteiger partial charge on any atom is -0.349 e. The van der Waals surface area contributed by atoms with Crippen LogP contribution in [0.15, 0.2) is 18.2 Å². The third-order valence-electron chi connectivity index (χ3n) is 3.26. The van der Waals surface area contributed by atoms with Crippen LogP contribution < -0.4 is 5.32 Å². The summed E-state index contributed by atoms with van der Waals surface area (Å²) in [6.07, 6.45) is 0. The summed E-state index contributed by atoms with van der Waals surface area (Å²) in [6.45, 7) is 4.74. The van der Waals surface area contributed by atoms with E-state index < -0.39 is 0 Å². The summed E-state index contributed by atoms with van der Waals surface area (Å²) in [5.74, 6) is -0.0204. The highest BCUT2D eigenvalue weighted by molar-refractivity contribution is 6.35. The van der Waals surface area contributed by atoms with Crippen LogP contribution >= 0.6 is 11.6 Å². The molecule has 1 aliphatic rings. The third-order valence-corrected chi connectivity index (χ3v) is 3.55. The van der Waals surface area contributed by atoms with E-state index in [1.165, 1.54) is 0 Å². The summed E-state index contributed by atoms with van der Waals surface area (Å²) in [6, 6.07) is 6.16. The molecule has 2 aromatic rings. The fourth-order valence-corrected chi connectivity index (χ4v) is 2.89. The normalized spacial score (nSPS) is 19.2. The Bertz CT molecular complexity index is 630. The van der Waals surface area contributed by atoms with Crippen molar-refractivity contribution in [1.82, 2.24) is 9.88 Å². The number of hydrogen-bond acceptors (Lipinski definition) is 1. The number of rotatable bonds is 0. The number of fused-ring (bicyclic) bond motifs is 3. The van der Waals surface area contributed by atoms with E-state index in [1.54, 1.807) is 0 Å². The summed E-state index contributed by atoms with van der Waals surface area (Å²) in [5, 5.41) is 4.63. The maximum atomic E-state index is 11.8. The van der Waals surface area contributed by atoms with E-state index >= 15 is 0 Å². The highest BCUT2D eigenvalue weighted by Gasteiger charge is 2.25. The van der Waals surface area contributed by atoms with Crippen LogP contribution in [-0.2, 0) is 0 Å². The van der Waals surface area contributed by atoms with Crippen LogP contribution in [0.25, 0.3) is 10.9 Å². The van der Waals surface area contributed by atoms with Crippen molar-refractivity contribution < 1.29 is 4.79 Å². The Morgan fingerprint density at radius 1 is 1.41 bits per heavy atom. The van der Waals surface area contributed by atoms with Gasteiger partial charge in [0, 0.05) is 18.0 Å². The summed E-state index contributed by atoms with van der Waals surface area (Å²) in [7, 11) is 0. The van der Waals surface area contributed by atoms with Gasteiger partial charge in [-0.25, -0.2) is 0 Å². The predicted octanol–water partition coefficient (Wildman–Crippen LogP) is 2.91. The fraction of sp³-hybridized carbons (Fsp3) is 0.308. The van der Waals surface area contributed by atoms with Crippen LogP contribution in [0.5, 0.6) is 0 Å². The lowest BCUT2D eigenvalue weighted by molar-refractivity contribution is 0.0919. The lowest BCUT2D eigenvalue weighted by Crippen LogP contribution is -2.37. The second-order valence-corrected chi connectivity index (χ2v) is 5.05. The molecule has 1 unspecified atom stereocenters. The molecule has 0 radical (unpaired) electrons. The summed E-state index contributed by atoms with van der Waals surface area (Å²) >= 11 is 6.30. The molecule has 1 aromatic carbocycles. The van der Waals surface area contributed by atoms with Gasteiger partial charge in [0.25, 0.3) is 5.91 Å². The smallest absolute Gasteiger partial charge is 0.268 e. The quantitative estimate of drug-likeness (QED) is 0.764. The van der Waals surface area contributed by atoms with Crippen molar-refractivity contribution in [3.63, 3.8) is 0 Å². The van der Waals surface area contributed by atoms with Crippen molar-refractivity contribution >= 4 is 28.4 Å². The SMILES string of the molecule is Cc1cc(Cl)c2c(c1)cc1n2C(C)CNC1=O. The maximum absolute atomic E-state index is 11.8. The van der Waals surface area contributed by atoms with Crippen LogP contribution in [0.1, 0.15) is 29.0 Å². The first-order valence-electron chi connectivity index (χ1n) is 5.67. The molecule has 3 nitrogen and oxygen atoms in total. The lowest BCUT2D eigenvalue weighted by Gasteiger charge is -2.24. The molecule has 0 saturated carbocycles. The Morgan fingerprint density at radius 3 is 2.94 bits per heavy atom. The van der Waals surface area contributed by atoms with Gasteiger partial charge in [0.05, 0.1) is 10.5 Å². The van der Waals surface area contributed by atoms with Crippen molar-refractivity contribution in [3.05, 3.63) is 34.5 Å². The van der Waals surface area contributed by atoms with Crippen LogP contribution in [0, 0.1) is 6.92 Å². The molecule has 0 spiro atoms. The molecule has 88 valence electrons. The number of aromatic nitrogens is 1. The molecule has 0 aliphatic carbocycles. The van der Waals surface area contributed by atoms with E-state index in [2.05, 4.69) is 18.3 Å². The third kappa shape index (κ3) is 1.46. The average Bonchev–Trinajstić information content (AvgIpc) is 2.64. The zero-order valence-corrected chi connectivity index (χ0v) is 10.5. The number of nitrogens with zero attached hydrogens (tertiary/aromatic N) is 1. The van der Waals surface area contributed by atoms with E-state index in [4.69, 9.17) is 11.6 Å². The van der Waals surface area contributed by atoms with Gasteiger partial charge in [0.2, 0.25) is 0 Å². The molecular formula is C13H13ClN2O. The fourth-order valence-electron chi connectivity index (χ4n) is 2.52. The van der Waals surface area contributed by atoms with Crippen molar-refractivity contribution in [2.75, 3.05) is 6.54 Å². The molecule has 0 fully saturated rings. The minimum absolute atomic E-state index is 0.0204. The molecule has 2 heterocycles. The van der Waals surface area contributed by atoms with E-state index in [1.807, 2.05) is 23.6 Å². The molecule has 3 rings (SSSR count). The number of hydrogen-bond donors (Lipinski definition) is 1. The topological polar surface area (TPSA) is 34.0 Å². The van der Waals surface area contributed by atoms with E-state index in [9.17, 15) is 4.79 Å². The second-order valence-electron chi connectivity index (χ2n) is 4.64. The van der Waals surface area contributed by atoms with Crippen LogP contribution in [0.2, 0.25) is 5.02 Å². The first kappa shape index (κ1) is 10.7. The number of carbonyl (C=O) groups is 1. The van der Waals surface area contributed by atoms with Crippen molar-refractivity contribution in [2.45, 2.75) is 19.9 Å². The predicted molar refractivity (Wildman–Crippen MR) is 68.7 cm³/mol. The molecule has 1 atom stereocenters. The number of amides is 1. The van der Waals surface area contributed by atoms with Gasteiger partial charge < -0.3 is 9.88 Å². The standard InChI is InChI=1S/C13H13ClN2O/c1-7-3-9-5-11-13(17)15-6-8(2)16(11)12(9)10(14)4-7/h3-5,8H,6H2,1-2H3,(H,15,17). The number of aryl methyl sites for hydroxylation is 1. The minimum atomic E-state index is -0.0204. The van der Waals surface area contributed by atoms with E-state index in [0.29, 0.717) is 17.3 Å². The highest BCUT2D eigenvalue weighted by atomic mass is 35.5. The van der Waals surface area contributed by atoms with E-state index in [-0.39, 0.29) is 11.9 Å². The van der Waals surface area contributed by atoms with Crippen molar-refractivity contribution in [2.24, 2.45) is 0 Å². The van der Waals surface area contributed by atoms with Gasteiger partial charge in [-0.3, -0.25) is 4.79 Å². The Hall–Kier alpha value is -1.48. The summed E-state index contributed by atoms with van der Waals surface area (Å²) < 4.78 is 2.04. The van der Waals surface area contributed by atoms with Gasteiger partial charge >= 0.3 is 0 Å². The first-order chi connectivity index (χ1) is 8.08. The second kappa shape index (κ2) is 3.50. The van der Waals surface area contributed by atoms with Gasteiger partial charge in [-0.15, -0.1) is 0 Å². The molecule has 1 amide bonds. The monoisotopic (exact) mass is 248 g/mol. The highest BCUT2D eigenvalue weighted by Crippen LogP contribution is 2.32. The summed E-state index contributed by atoms with van der Waals surface area (Å²) in [5.41, 5.74) is 2.78. The molecule has 17 heavy (non-hydrogen) atoms. The van der Waals surface area contributed by atoms with Crippen LogP contribution in [-0.4, -0.2) is 17.0 Å². The van der Waals surface area contributed by atoms with Gasteiger partial charge in [0.15, 0.2) is 0 Å². The molecule has 4 heteroatoms. The molecule has 1 aromatic heterocycles. The summed E-state index contributed by atoms with van der Waals surface area (Å²) in [4.78, 5) is 11.8. The molecular weight excluding hydrogens is 236 g/mol. The Kier molecular flexibility index (Phi) is 2.20. The Labute approximate surface area is 104 Å². The zero-order chi connectivity index (χ0) is 12.2. The van der Waals surface area contributed by atoms with Gasteiger partial charge in [-0.2, -0.15) is 0 Å².